The minimum atomic E-state index is 0.907. The summed E-state index contributed by atoms with van der Waals surface area (Å²) in [7, 11) is 0. The average Bonchev–Trinajstić information content (AvgIpc) is 3.82. The standard InChI is InChI=1S/C52H33NOS/c1-2-17-42-35(11-1)12-9-20-43(42)37-13-7-15-40(31-37)53(39-28-25-34(26-29-39)36-27-30-49-47(33-36)45-18-3-5-22-48(45)54-49)41-16-8-14-38(32-41)44-21-10-24-51-52(44)46-19-4-6-23-50(46)55-51/h1-33H. The zero-order valence-corrected chi connectivity index (χ0v) is 30.6. The molecule has 0 bridgehead atoms. The maximum absolute atomic E-state index is 6.13. The van der Waals surface area contributed by atoms with Gasteiger partial charge in [-0.1, -0.05) is 133 Å². The van der Waals surface area contributed by atoms with E-state index in [9.17, 15) is 0 Å². The first-order valence-electron chi connectivity index (χ1n) is 18.7. The minimum Gasteiger partial charge on any atom is -0.456 e. The van der Waals surface area contributed by atoms with E-state index >= 15 is 0 Å². The Morgan fingerprint density at radius 3 is 1.78 bits per heavy atom. The van der Waals surface area contributed by atoms with Crippen molar-refractivity contribution in [2.75, 3.05) is 4.90 Å². The molecule has 0 unspecified atom stereocenters. The topological polar surface area (TPSA) is 16.4 Å². The van der Waals surface area contributed by atoms with E-state index in [0.29, 0.717) is 0 Å². The molecule has 0 spiro atoms. The molecule has 258 valence electrons. The fraction of sp³-hybridized carbons (Fsp3) is 0. The highest BCUT2D eigenvalue weighted by Gasteiger charge is 2.18. The van der Waals surface area contributed by atoms with Crippen LogP contribution in [-0.2, 0) is 0 Å². The van der Waals surface area contributed by atoms with E-state index in [-0.39, 0.29) is 0 Å². The Bertz CT molecular complexity index is 3220. The summed E-state index contributed by atoms with van der Waals surface area (Å²) in [6.07, 6.45) is 0. The molecule has 0 atom stereocenters. The van der Waals surface area contributed by atoms with Gasteiger partial charge in [-0.15, -0.1) is 11.3 Å². The van der Waals surface area contributed by atoms with Crippen LogP contribution in [0.1, 0.15) is 0 Å². The van der Waals surface area contributed by atoms with Gasteiger partial charge in [0.15, 0.2) is 0 Å². The van der Waals surface area contributed by atoms with Crippen LogP contribution in [0.15, 0.2) is 205 Å². The lowest BCUT2D eigenvalue weighted by molar-refractivity contribution is 0.669. The third-order valence-corrected chi connectivity index (χ3v) is 12.0. The lowest BCUT2D eigenvalue weighted by Crippen LogP contribution is -2.10. The van der Waals surface area contributed by atoms with Crippen molar-refractivity contribution in [3.63, 3.8) is 0 Å². The van der Waals surface area contributed by atoms with Crippen LogP contribution >= 0.6 is 11.3 Å². The van der Waals surface area contributed by atoms with Gasteiger partial charge < -0.3 is 9.32 Å². The summed E-state index contributed by atoms with van der Waals surface area (Å²) in [4.78, 5) is 2.39. The smallest absolute Gasteiger partial charge is 0.135 e. The van der Waals surface area contributed by atoms with E-state index in [4.69, 9.17) is 4.42 Å². The number of nitrogens with zero attached hydrogens (tertiary/aromatic N) is 1. The number of thiophene rings is 1. The van der Waals surface area contributed by atoms with Crippen molar-refractivity contribution in [2.45, 2.75) is 0 Å². The molecule has 55 heavy (non-hydrogen) atoms. The molecule has 9 aromatic carbocycles. The van der Waals surface area contributed by atoms with Crippen molar-refractivity contribution in [3.8, 4) is 33.4 Å². The van der Waals surface area contributed by atoms with Gasteiger partial charge in [-0.3, -0.25) is 0 Å². The molecule has 2 heterocycles. The largest absolute Gasteiger partial charge is 0.456 e. The van der Waals surface area contributed by atoms with Crippen LogP contribution in [0.25, 0.3) is 86.3 Å². The zero-order valence-electron chi connectivity index (χ0n) is 29.8. The number of benzene rings is 9. The Hall–Kier alpha value is -6.94. The molecule has 3 heteroatoms. The highest BCUT2D eigenvalue weighted by atomic mass is 32.1. The van der Waals surface area contributed by atoms with E-state index in [1.54, 1.807) is 0 Å². The van der Waals surface area contributed by atoms with Crippen LogP contribution in [0.5, 0.6) is 0 Å². The summed E-state index contributed by atoms with van der Waals surface area (Å²) in [6, 6.07) is 72.3. The molecule has 11 aromatic rings. The Morgan fingerprint density at radius 2 is 0.945 bits per heavy atom. The van der Waals surface area contributed by atoms with Gasteiger partial charge in [0.25, 0.3) is 0 Å². The first-order valence-corrected chi connectivity index (χ1v) is 19.5. The van der Waals surface area contributed by atoms with E-state index in [1.165, 1.54) is 53.2 Å². The predicted octanol–water partition coefficient (Wildman–Crippen LogP) is 15.6. The Labute approximate surface area is 322 Å². The van der Waals surface area contributed by atoms with E-state index in [0.717, 1.165) is 50.1 Å². The van der Waals surface area contributed by atoms with Gasteiger partial charge in [-0.25, -0.2) is 0 Å². The highest BCUT2D eigenvalue weighted by molar-refractivity contribution is 7.25. The number of para-hydroxylation sites is 1. The Morgan fingerprint density at radius 1 is 0.345 bits per heavy atom. The lowest BCUT2D eigenvalue weighted by Gasteiger charge is -2.27. The summed E-state index contributed by atoms with van der Waals surface area (Å²) in [5, 5.41) is 7.38. The molecule has 0 aliphatic rings. The molecule has 0 aliphatic carbocycles. The van der Waals surface area contributed by atoms with Gasteiger partial charge >= 0.3 is 0 Å². The summed E-state index contributed by atoms with van der Waals surface area (Å²) >= 11 is 1.86. The third kappa shape index (κ3) is 5.40. The van der Waals surface area contributed by atoms with Crippen LogP contribution < -0.4 is 4.90 Å². The van der Waals surface area contributed by atoms with Gasteiger partial charge in [0.1, 0.15) is 11.2 Å². The van der Waals surface area contributed by atoms with Crippen molar-refractivity contribution >= 4 is 81.3 Å². The van der Waals surface area contributed by atoms with Crippen LogP contribution in [-0.4, -0.2) is 0 Å². The SMILES string of the molecule is c1cc(-c2cccc3ccccc23)cc(N(c2ccc(-c3ccc4oc5ccccc5c4c3)cc2)c2cccc(-c3cccc4sc5ccccc5c34)c2)c1. The Balaban J connectivity index is 1.06. The predicted molar refractivity (Wildman–Crippen MR) is 235 cm³/mol. The summed E-state index contributed by atoms with van der Waals surface area (Å²) in [5.74, 6) is 0. The molecule has 2 aromatic heterocycles. The van der Waals surface area contributed by atoms with Crippen molar-refractivity contribution in [1.29, 1.82) is 0 Å². The first kappa shape index (κ1) is 31.6. The van der Waals surface area contributed by atoms with Crippen molar-refractivity contribution in [2.24, 2.45) is 0 Å². The molecular weight excluding hydrogens is 687 g/mol. The number of hydrogen-bond acceptors (Lipinski definition) is 3. The van der Waals surface area contributed by atoms with Gasteiger partial charge in [0.05, 0.1) is 0 Å². The minimum absolute atomic E-state index is 0.907. The van der Waals surface area contributed by atoms with Gasteiger partial charge in [0.2, 0.25) is 0 Å². The average molecular weight is 720 g/mol. The van der Waals surface area contributed by atoms with Crippen molar-refractivity contribution < 1.29 is 4.42 Å². The molecule has 0 saturated carbocycles. The van der Waals surface area contributed by atoms with E-state index in [2.05, 4.69) is 193 Å². The fourth-order valence-corrected chi connectivity index (χ4v) is 9.41. The van der Waals surface area contributed by atoms with E-state index in [1.807, 2.05) is 23.5 Å². The fourth-order valence-electron chi connectivity index (χ4n) is 8.27. The van der Waals surface area contributed by atoms with Crippen LogP contribution in [0, 0.1) is 0 Å². The van der Waals surface area contributed by atoms with Gasteiger partial charge in [-0.05, 0) is 111 Å². The maximum Gasteiger partial charge on any atom is 0.135 e. The third-order valence-electron chi connectivity index (χ3n) is 10.9. The molecule has 0 fully saturated rings. The number of anilines is 3. The molecule has 0 radical (unpaired) electrons. The van der Waals surface area contributed by atoms with E-state index < -0.39 is 0 Å². The molecule has 0 amide bonds. The lowest BCUT2D eigenvalue weighted by atomic mass is 9.97. The summed E-state index contributed by atoms with van der Waals surface area (Å²) in [6.45, 7) is 0. The second kappa shape index (κ2) is 12.9. The van der Waals surface area contributed by atoms with Gasteiger partial charge in [-0.2, -0.15) is 0 Å². The van der Waals surface area contributed by atoms with Crippen LogP contribution in [0.3, 0.4) is 0 Å². The second-order valence-corrected chi connectivity index (χ2v) is 15.2. The van der Waals surface area contributed by atoms with Crippen molar-refractivity contribution in [1.82, 2.24) is 0 Å². The van der Waals surface area contributed by atoms with Crippen LogP contribution in [0.2, 0.25) is 0 Å². The maximum atomic E-state index is 6.13. The van der Waals surface area contributed by atoms with Crippen LogP contribution in [0.4, 0.5) is 17.1 Å². The zero-order chi connectivity index (χ0) is 36.3. The summed E-state index contributed by atoms with van der Waals surface area (Å²) < 4.78 is 8.75. The number of hydrogen-bond donors (Lipinski definition) is 0. The second-order valence-electron chi connectivity index (χ2n) is 14.1. The van der Waals surface area contributed by atoms with Crippen molar-refractivity contribution in [3.05, 3.63) is 200 Å². The quantitative estimate of drug-likeness (QED) is 0.170. The molecule has 0 saturated heterocycles. The number of fused-ring (bicyclic) bond motifs is 7. The monoisotopic (exact) mass is 719 g/mol. The number of furan rings is 1. The first-order chi connectivity index (χ1) is 27.2. The summed E-state index contributed by atoms with van der Waals surface area (Å²) in [5.41, 5.74) is 12.3. The molecule has 11 rings (SSSR count). The number of rotatable bonds is 6. The molecule has 0 N–H and O–H groups in total. The van der Waals surface area contributed by atoms with Gasteiger partial charge in [0, 0.05) is 48.0 Å². The molecule has 0 aliphatic heterocycles. The molecular formula is C52H33NOS. The highest BCUT2D eigenvalue weighted by Crippen LogP contribution is 2.43. The normalized spacial score (nSPS) is 11.6. The Kier molecular flexibility index (Phi) is 7.39. The molecule has 2 nitrogen and oxygen atoms in total.